The molecule has 1 saturated carbocycles. The first-order valence-electron chi connectivity index (χ1n) is 5.94. The smallest absolute Gasteiger partial charge is 0.201 e. The lowest BCUT2D eigenvalue weighted by molar-refractivity contribution is 0.318. The van der Waals surface area contributed by atoms with Crippen LogP contribution in [0.15, 0.2) is 18.2 Å². The van der Waals surface area contributed by atoms with Crippen LogP contribution in [0, 0.1) is 11.7 Å². The van der Waals surface area contributed by atoms with E-state index in [0.29, 0.717) is 11.9 Å². The van der Waals surface area contributed by atoms with Crippen LogP contribution in [-0.4, -0.2) is 9.55 Å². The zero-order valence-corrected chi connectivity index (χ0v) is 10.1. The van der Waals surface area contributed by atoms with Gasteiger partial charge in [-0.3, -0.25) is 0 Å². The van der Waals surface area contributed by atoms with Crippen LogP contribution in [0.1, 0.15) is 26.7 Å². The van der Waals surface area contributed by atoms with E-state index < -0.39 is 0 Å². The second-order valence-electron chi connectivity index (χ2n) is 5.37. The Morgan fingerprint density at radius 2 is 2.12 bits per heavy atom. The number of nitrogens with zero attached hydrogens (tertiary/aromatic N) is 2. The summed E-state index contributed by atoms with van der Waals surface area (Å²) >= 11 is 0. The van der Waals surface area contributed by atoms with Crippen LogP contribution in [0.25, 0.3) is 11.0 Å². The van der Waals surface area contributed by atoms with Gasteiger partial charge in [-0.1, -0.05) is 0 Å². The fourth-order valence-electron chi connectivity index (χ4n) is 2.65. The first-order valence-corrected chi connectivity index (χ1v) is 5.94. The van der Waals surface area contributed by atoms with Gasteiger partial charge in [-0.2, -0.15) is 0 Å². The Kier molecular flexibility index (Phi) is 2.00. The topological polar surface area (TPSA) is 43.8 Å². The van der Waals surface area contributed by atoms with Crippen LogP contribution >= 0.6 is 0 Å². The second kappa shape index (κ2) is 3.22. The van der Waals surface area contributed by atoms with Crippen molar-refractivity contribution in [1.82, 2.24) is 9.55 Å². The highest BCUT2D eigenvalue weighted by Crippen LogP contribution is 2.46. The molecule has 3 rings (SSSR count). The summed E-state index contributed by atoms with van der Waals surface area (Å²) in [6.45, 7) is 4.29. The number of imidazole rings is 1. The van der Waals surface area contributed by atoms with Crippen molar-refractivity contribution in [3.8, 4) is 0 Å². The molecule has 0 bridgehead atoms. The summed E-state index contributed by atoms with van der Waals surface area (Å²) in [5.74, 6) is 0.846. The number of hydrogen-bond acceptors (Lipinski definition) is 2. The molecule has 1 aliphatic carbocycles. The average Bonchev–Trinajstić information content (AvgIpc) is 3.02. The van der Waals surface area contributed by atoms with Gasteiger partial charge < -0.3 is 10.3 Å². The van der Waals surface area contributed by atoms with E-state index in [2.05, 4.69) is 18.8 Å². The molecule has 0 aliphatic heterocycles. The van der Waals surface area contributed by atoms with Gasteiger partial charge in [0.15, 0.2) is 0 Å². The van der Waals surface area contributed by atoms with Crippen molar-refractivity contribution in [3.63, 3.8) is 0 Å². The molecule has 0 radical (unpaired) electrons. The quantitative estimate of drug-likeness (QED) is 0.866. The minimum absolute atomic E-state index is 0.0906. The Hall–Kier alpha value is -1.58. The van der Waals surface area contributed by atoms with Crippen LogP contribution in [0.4, 0.5) is 10.3 Å². The lowest BCUT2D eigenvalue weighted by Gasteiger charge is -2.28. The molecule has 1 aromatic carbocycles. The van der Waals surface area contributed by atoms with E-state index >= 15 is 0 Å². The molecule has 1 aliphatic rings. The number of nitrogen functional groups attached to an aromatic ring is 1. The zero-order chi connectivity index (χ0) is 12.2. The molecular formula is C13H16FN3. The van der Waals surface area contributed by atoms with E-state index in [0.717, 1.165) is 11.0 Å². The molecule has 2 aromatic rings. The predicted octanol–water partition coefficient (Wildman–Crippen LogP) is 2.90. The molecular weight excluding hydrogens is 217 g/mol. The molecule has 1 fully saturated rings. The summed E-state index contributed by atoms with van der Waals surface area (Å²) in [6.07, 6.45) is 2.42. The molecule has 0 unspecified atom stereocenters. The first kappa shape index (κ1) is 10.6. The molecule has 3 nitrogen and oxygen atoms in total. The van der Waals surface area contributed by atoms with Gasteiger partial charge in [0.25, 0.3) is 0 Å². The van der Waals surface area contributed by atoms with Gasteiger partial charge >= 0.3 is 0 Å². The van der Waals surface area contributed by atoms with Gasteiger partial charge in [0, 0.05) is 5.54 Å². The number of rotatable bonds is 2. The van der Waals surface area contributed by atoms with Gasteiger partial charge in [-0.05, 0) is 50.8 Å². The number of fused-ring (bicyclic) bond motifs is 1. The van der Waals surface area contributed by atoms with Crippen molar-refractivity contribution < 1.29 is 4.39 Å². The number of halogens is 1. The Bertz CT molecular complexity index is 582. The average molecular weight is 233 g/mol. The van der Waals surface area contributed by atoms with E-state index in [1.165, 1.54) is 25.0 Å². The minimum Gasteiger partial charge on any atom is -0.369 e. The highest BCUT2D eigenvalue weighted by molar-refractivity contribution is 5.78. The van der Waals surface area contributed by atoms with Crippen LogP contribution in [0.3, 0.4) is 0 Å². The lowest BCUT2D eigenvalue weighted by Crippen LogP contribution is -2.29. The number of aromatic nitrogens is 2. The van der Waals surface area contributed by atoms with Gasteiger partial charge in [0.1, 0.15) is 5.82 Å². The number of benzene rings is 1. The maximum Gasteiger partial charge on any atom is 0.201 e. The molecule has 0 atom stereocenters. The summed E-state index contributed by atoms with van der Waals surface area (Å²) in [5, 5.41) is 0. The number of hydrogen-bond donors (Lipinski definition) is 1. The molecule has 4 heteroatoms. The van der Waals surface area contributed by atoms with Crippen LogP contribution in [0.2, 0.25) is 0 Å². The van der Waals surface area contributed by atoms with Crippen molar-refractivity contribution in [2.24, 2.45) is 5.92 Å². The summed E-state index contributed by atoms with van der Waals surface area (Å²) in [6, 6.07) is 4.62. The Labute approximate surface area is 99.4 Å². The molecule has 0 saturated heterocycles. The molecule has 0 amide bonds. The normalized spacial score (nSPS) is 16.6. The molecule has 1 heterocycles. The third-order valence-electron chi connectivity index (χ3n) is 3.80. The zero-order valence-electron chi connectivity index (χ0n) is 10.1. The summed E-state index contributed by atoms with van der Waals surface area (Å²) < 4.78 is 15.3. The Morgan fingerprint density at radius 1 is 1.41 bits per heavy atom. The fourth-order valence-corrected chi connectivity index (χ4v) is 2.65. The standard InChI is InChI=1S/C13H16FN3/c1-13(2,8-3-4-8)17-11-7-9(14)5-6-10(11)16-12(17)15/h5-8H,3-4H2,1-2H3,(H2,15,16). The molecule has 0 spiro atoms. The van der Waals surface area contributed by atoms with Crippen LogP contribution in [0.5, 0.6) is 0 Å². The van der Waals surface area contributed by atoms with Crippen molar-refractivity contribution in [3.05, 3.63) is 24.0 Å². The molecule has 1 aromatic heterocycles. The third-order valence-corrected chi connectivity index (χ3v) is 3.80. The SMILES string of the molecule is CC(C)(C1CC1)n1c(N)nc2ccc(F)cc21. The van der Waals surface area contributed by atoms with Crippen molar-refractivity contribution in [2.45, 2.75) is 32.2 Å². The van der Waals surface area contributed by atoms with Gasteiger partial charge in [0.2, 0.25) is 5.95 Å². The maximum atomic E-state index is 13.3. The number of nitrogens with two attached hydrogens (primary N) is 1. The molecule has 2 N–H and O–H groups in total. The van der Waals surface area contributed by atoms with Gasteiger partial charge in [-0.25, -0.2) is 9.37 Å². The maximum absolute atomic E-state index is 13.3. The molecule has 90 valence electrons. The van der Waals surface area contributed by atoms with Crippen LogP contribution < -0.4 is 5.73 Å². The van der Waals surface area contributed by atoms with E-state index in [-0.39, 0.29) is 11.4 Å². The monoisotopic (exact) mass is 233 g/mol. The van der Waals surface area contributed by atoms with Gasteiger partial charge in [-0.15, -0.1) is 0 Å². The Balaban J connectivity index is 2.27. The van der Waals surface area contributed by atoms with Crippen molar-refractivity contribution >= 4 is 17.0 Å². The Morgan fingerprint density at radius 3 is 2.76 bits per heavy atom. The highest BCUT2D eigenvalue weighted by Gasteiger charge is 2.40. The van der Waals surface area contributed by atoms with E-state index in [4.69, 9.17) is 5.73 Å². The van der Waals surface area contributed by atoms with E-state index in [1.807, 2.05) is 4.57 Å². The van der Waals surface area contributed by atoms with Crippen molar-refractivity contribution in [1.29, 1.82) is 0 Å². The highest BCUT2D eigenvalue weighted by atomic mass is 19.1. The largest absolute Gasteiger partial charge is 0.369 e. The van der Waals surface area contributed by atoms with Gasteiger partial charge in [0.05, 0.1) is 11.0 Å². The predicted molar refractivity (Wildman–Crippen MR) is 66.1 cm³/mol. The van der Waals surface area contributed by atoms with Crippen LogP contribution in [-0.2, 0) is 5.54 Å². The summed E-state index contributed by atoms with van der Waals surface area (Å²) in [4.78, 5) is 4.30. The second-order valence-corrected chi connectivity index (χ2v) is 5.37. The minimum atomic E-state index is -0.245. The summed E-state index contributed by atoms with van der Waals surface area (Å²) in [7, 11) is 0. The van der Waals surface area contributed by atoms with E-state index in [1.54, 1.807) is 6.07 Å². The summed E-state index contributed by atoms with van der Waals surface area (Å²) in [5.41, 5.74) is 7.45. The third kappa shape index (κ3) is 1.51. The van der Waals surface area contributed by atoms with E-state index in [9.17, 15) is 4.39 Å². The first-order chi connectivity index (χ1) is 8.00. The lowest BCUT2D eigenvalue weighted by atomic mass is 9.98. The molecule has 17 heavy (non-hydrogen) atoms. The van der Waals surface area contributed by atoms with Crippen molar-refractivity contribution in [2.75, 3.05) is 5.73 Å². The number of anilines is 1. The fraction of sp³-hybridized carbons (Fsp3) is 0.462.